The zero-order chi connectivity index (χ0) is 18.5. The zero-order valence-electron chi connectivity index (χ0n) is 14.9. The largest absolute Gasteiger partial charge is 0.455 e. The van der Waals surface area contributed by atoms with E-state index >= 15 is 0 Å². The molecule has 3 rings (SSSR count). The molecule has 1 atom stereocenters. The number of aryl methyl sites for hydroxylation is 1. The molecule has 4 nitrogen and oxygen atoms in total. The number of nitrogens with one attached hydrogen (secondary N) is 1. The highest BCUT2D eigenvalue weighted by Gasteiger charge is 2.21. The van der Waals surface area contributed by atoms with Gasteiger partial charge in [-0.15, -0.1) is 0 Å². The van der Waals surface area contributed by atoms with Crippen molar-refractivity contribution in [1.82, 2.24) is 10.2 Å². The standard InChI is InChI=1S/C20H24F2N2O2/c1-23-20(25)19-9-8-17(26-19)13-24-10-2-3-14(12-24)4-5-15-6-7-16(21)11-18(15)22/h6-9,11,14H,2-5,10,12-13H2,1H3,(H,23,25)/t14-/m1/s1. The van der Waals surface area contributed by atoms with Crippen LogP contribution in [0.4, 0.5) is 8.78 Å². The van der Waals surface area contributed by atoms with Crippen molar-refractivity contribution in [3.05, 3.63) is 59.1 Å². The molecule has 0 unspecified atom stereocenters. The smallest absolute Gasteiger partial charge is 0.286 e. The molecule has 140 valence electrons. The first-order valence-corrected chi connectivity index (χ1v) is 9.02. The maximum absolute atomic E-state index is 13.8. The Hall–Kier alpha value is -2.21. The van der Waals surface area contributed by atoms with Gasteiger partial charge in [-0.25, -0.2) is 8.78 Å². The number of rotatable bonds is 6. The van der Waals surface area contributed by atoms with Crippen LogP contribution in [0.25, 0.3) is 0 Å². The number of amides is 1. The van der Waals surface area contributed by atoms with E-state index in [1.807, 2.05) is 6.07 Å². The van der Waals surface area contributed by atoms with Crippen molar-refractivity contribution >= 4 is 5.91 Å². The van der Waals surface area contributed by atoms with E-state index in [2.05, 4.69) is 10.2 Å². The summed E-state index contributed by atoms with van der Waals surface area (Å²) in [5, 5.41) is 2.55. The maximum atomic E-state index is 13.8. The summed E-state index contributed by atoms with van der Waals surface area (Å²) in [6.07, 6.45) is 3.69. The van der Waals surface area contributed by atoms with Crippen molar-refractivity contribution in [1.29, 1.82) is 0 Å². The Morgan fingerprint density at radius 1 is 1.31 bits per heavy atom. The van der Waals surface area contributed by atoms with Crippen LogP contribution in [0.1, 0.15) is 41.1 Å². The van der Waals surface area contributed by atoms with Gasteiger partial charge in [0.15, 0.2) is 5.76 Å². The van der Waals surface area contributed by atoms with Crippen molar-refractivity contribution in [2.24, 2.45) is 5.92 Å². The van der Waals surface area contributed by atoms with Crippen LogP contribution in [0, 0.1) is 17.6 Å². The van der Waals surface area contributed by atoms with Gasteiger partial charge in [0.2, 0.25) is 0 Å². The number of piperidine rings is 1. The predicted octanol–water partition coefficient (Wildman–Crippen LogP) is 3.76. The summed E-state index contributed by atoms with van der Waals surface area (Å²) in [6.45, 7) is 2.56. The van der Waals surface area contributed by atoms with Gasteiger partial charge in [-0.3, -0.25) is 9.69 Å². The summed E-state index contributed by atoms with van der Waals surface area (Å²) in [5.41, 5.74) is 0.574. The number of carbonyl (C=O) groups excluding carboxylic acids is 1. The van der Waals surface area contributed by atoms with E-state index in [0.717, 1.165) is 44.2 Å². The number of likely N-dealkylation sites (tertiary alicyclic amines) is 1. The Bertz CT molecular complexity index is 760. The molecule has 2 aromatic rings. The Labute approximate surface area is 152 Å². The summed E-state index contributed by atoms with van der Waals surface area (Å²) in [5.74, 6) is 0.340. The molecule has 1 aliphatic heterocycles. The lowest BCUT2D eigenvalue weighted by atomic mass is 9.91. The van der Waals surface area contributed by atoms with E-state index < -0.39 is 11.6 Å². The molecule has 1 saturated heterocycles. The Kier molecular flexibility index (Phi) is 6.04. The Balaban J connectivity index is 1.52. The lowest BCUT2D eigenvalue weighted by molar-refractivity contribution is 0.0929. The van der Waals surface area contributed by atoms with Gasteiger partial charge in [0.25, 0.3) is 5.91 Å². The second-order valence-electron chi connectivity index (χ2n) is 6.86. The molecule has 0 saturated carbocycles. The molecule has 1 amide bonds. The van der Waals surface area contributed by atoms with E-state index in [9.17, 15) is 13.6 Å². The van der Waals surface area contributed by atoms with Crippen LogP contribution >= 0.6 is 0 Å². The van der Waals surface area contributed by atoms with Crippen molar-refractivity contribution in [3.8, 4) is 0 Å². The van der Waals surface area contributed by atoms with E-state index in [0.29, 0.717) is 30.2 Å². The fourth-order valence-electron chi connectivity index (χ4n) is 3.54. The van der Waals surface area contributed by atoms with Gasteiger partial charge < -0.3 is 9.73 Å². The van der Waals surface area contributed by atoms with Crippen LogP contribution in [0.15, 0.2) is 34.7 Å². The fraction of sp³-hybridized carbons (Fsp3) is 0.450. The van der Waals surface area contributed by atoms with Gasteiger partial charge in [0, 0.05) is 19.7 Å². The molecule has 6 heteroatoms. The lowest BCUT2D eigenvalue weighted by Crippen LogP contribution is -2.35. The SMILES string of the molecule is CNC(=O)c1ccc(CN2CCC[C@H](CCc3ccc(F)cc3F)C2)o1. The van der Waals surface area contributed by atoms with Crippen LogP contribution in [0.2, 0.25) is 0 Å². The summed E-state index contributed by atoms with van der Waals surface area (Å²) in [6, 6.07) is 7.32. The highest BCUT2D eigenvalue weighted by molar-refractivity contribution is 5.91. The molecule has 1 aliphatic rings. The Morgan fingerprint density at radius 3 is 2.92 bits per heavy atom. The molecule has 2 heterocycles. The van der Waals surface area contributed by atoms with Crippen LogP contribution in [0.5, 0.6) is 0 Å². The molecule has 1 fully saturated rings. The van der Waals surface area contributed by atoms with Crippen molar-refractivity contribution in [3.63, 3.8) is 0 Å². The third kappa shape index (κ3) is 4.69. The highest BCUT2D eigenvalue weighted by Crippen LogP contribution is 2.24. The number of benzene rings is 1. The summed E-state index contributed by atoms with van der Waals surface area (Å²) in [7, 11) is 1.57. The molecule has 1 aromatic carbocycles. The second-order valence-corrected chi connectivity index (χ2v) is 6.86. The number of hydrogen-bond donors (Lipinski definition) is 1. The third-order valence-corrected chi connectivity index (χ3v) is 4.93. The topological polar surface area (TPSA) is 45.5 Å². The van der Waals surface area contributed by atoms with Gasteiger partial charge in [-0.2, -0.15) is 0 Å². The molecule has 0 aliphatic carbocycles. The van der Waals surface area contributed by atoms with Crippen LogP contribution in [0.3, 0.4) is 0 Å². The zero-order valence-corrected chi connectivity index (χ0v) is 14.9. The number of halogens is 2. The maximum Gasteiger partial charge on any atom is 0.286 e. The molecule has 0 spiro atoms. The minimum Gasteiger partial charge on any atom is -0.455 e. The molecular formula is C20H24F2N2O2. The normalized spacial score (nSPS) is 18.0. The first-order chi connectivity index (χ1) is 12.5. The van der Waals surface area contributed by atoms with E-state index in [1.54, 1.807) is 13.1 Å². The van der Waals surface area contributed by atoms with Gasteiger partial charge in [0.05, 0.1) is 6.54 Å². The number of hydrogen-bond acceptors (Lipinski definition) is 3. The summed E-state index contributed by atoms with van der Waals surface area (Å²) in [4.78, 5) is 13.9. The van der Waals surface area contributed by atoms with Gasteiger partial charge in [-0.1, -0.05) is 6.07 Å². The van der Waals surface area contributed by atoms with Crippen molar-refractivity contribution in [2.75, 3.05) is 20.1 Å². The minimum atomic E-state index is -0.537. The predicted molar refractivity (Wildman–Crippen MR) is 94.8 cm³/mol. The number of carbonyl (C=O) groups is 1. The molecule has 1 aromatic heterocycles. The monoisotopic (exact) mass is 362 g/mol. The van der Waals surface area contributed by atoms with Crippen molar-refractivity contribution in [2.45, 2.75) is 32.2 Å². The van der Waals surface area contributed by atoms with Gasteiger partial charge in [0.1, 0.15) is 17.4 Å². The average Bonchev–Trinajstić information content (AvgIpc) is 3.09. The van der Waals surface area contributed by atoms with Gasteiger partial charge in [-0.05, 0) is 61.9 Å². The van der Waals surface area contributed by atoms with Crippen LogP contribution < -0.4 is 5.32 Å². The first-order valence-electron chi connectivity index (χ1n) is 9.02. The molecule has 0 radical (unpaired) electrons. The molecule has 1 N–H and O–H groups in total. The summed E-state index contributed by atoms with van der Waals surface area (Å²) >= 11 is 0. The highest BCUT2D eigenvalue weighted by atomic mass is 19.1. The molecule has 26 heavy (non-hydrogen) atoms. The third-order valence-electron chi connectivity index (χ3n) is 4.93. The quantitative estimate of drug-likeness (QED) is 0.851. The van der Waals surface area contributed by atoms with E-state index in [4.69, 9.17) is 4.42 Å². The van der Waals surface area contributed by atoms with Crippen LogP contribution in [-0.4, -0.2) is 30.9 Å². The first kappa shape index (κ1) is 18.6. The van der Waals surface area contributed by atoms with E-state index in [1.165, 1.54) is 12.1 Å². The van der Waals surface area contributed by atoms with Crippen LogP contribution in [-0.2, 0) is 13.0 Å². The molecular weight excluding hydrogens is 338 g/mol. The summed E-state index contributed by atoms with van der Waals surface area (Å²) < 4.78 is 32.4. The number of furan rings is 1. The second kappa shape index (κ2) is 8.45. The number of nitrogens with zero attached hydrogens (tertiary/aromatic N) is 1. The lowest BCUT2D eigenvalue weighted by Gasteiger charge is -2.32. The fourth-order valence-corrected chi connectivity index (χ4v) is 3.54. The van der Waals surface area contributed by atoms with Gasteiger partial charge >= 0.3 is 0 Å². The van der Waals surface area contributed by atoms with Crippen molar-refractivity contribution < 1.29 is 18.0 Å². The average molecular weight is 362 g/mol. The Morgan fingerprint density at radius 2 is 2.15 bits per heavy atom. The minimum absolute atomic E-state index is 0.228. The molecule has 0 bridgehead atoms. The van der Waals surface area contributed by atoms with E-state index in [-0.39, 0.29) is 5.91 Å².